The Morgan fingerprint density at radius 1 is 1.20 bits per heavy atom. The molecule has 0 saturated heterocycles. The Kier molecular flexibility index (Phi) is 4.41. The molecule has 0 saturated carbocycles. The van der Waals surface area contributed by atoms with Crippen molar-refractivity contribution < 1.29 is 18.7 Å². The maximum atomic E-state index is 5.64. The standard InChI is InChI=1S/C13H17N3O4/c1-4-19-11-8(13-15-10(7-14)20-16-13)5-6-9(17-2)12(11)18-3/h5-6H,4,7,14H2,1-3H3. The van der Waals surface area contributed by atoms with E-state index < -0.39 is 0 Å². The summed E-state index contributed by atoms with van der Waals surface area (Å²) in [6.45, 7) is 2.53. The van der Waals surface area contributed by atoms with E-state index in [1.54, 1.807) is 26.4 Å². The van der Waals surface area contributed by atoms with E-state index in [4.69, 9.17) is 24.5 Å². The second-order valence-corrected chi connectivity index (χ2v) is 3.83. The third-order valence-electron chi connectivity index (χ3n) is 2.67. The van der Waals surface area contributed by atoms with Crippen molar-refractivity contribution in [3.8, 4) is 28.6 Å². The highest BCUT2D eigenvalue weighted by Gasteiger charge is 2.20. The van der Waals surface area contributed by atoms with Crippen molar-refractivity contribution in [2.75, 3.05) is 20.8 Å². The zero-order valence-electron chi connectivity index (χ0n) is 11.7. The van der Waals surface area contributed by atoms with Gasteiger partial charge in [-0.05, 0) is 19.1 Å². The fourth-order valence-corrected chi connectivity index (χ4v) is 1.81. The molecule has 0 aliphatic rings. The van der Waals surface area contributed by atoms with E-state index in [9.17, 15) is 0 Å². The molecule has 2 aromatic rings. The third-order valence-corrected chi connectivity index (χ3v) is 2.67. The van der Waals surface area contributed by atoms with Gasteiger partial charge in [0.25, 0.3) is 0 Å². The molecule has 0 spiro atoms. The quantitative estimate of drug-likeness (QED) is 0.858. The number of hydrogen-bond acceptors (Lipinski definition) is 7. The van der Waals surface area contributed by atoms with Crippen molar-refractivity contribution in [2.45, 2.75) is 13.5 Å². The van der Waals surface area contributed by atoms with Crippen LogP contribution in [0.2, 0.25) is 0 Å². The van der Waals surface area contributed by atoms with Crippen LogP contribution in [0.5, 0.6) is 17.2 Å². The molecular weight excluding hydrogens is 262 g/mol. The molecule has 1 aromatic heterocycles. The molecule has 2 N–H and O–H groups in total. The monoisotopic (exact) mass is 279 g/mol. The Bertz CT molecular complexity index is 583. The molecule has 0 fully saturated rings. The minimum absolute atomic E-state index is 0.185. The molecule has 0 bridgehead atoms. The van der Waals surface area contributed by atoms with Gasteiger partial charge in [0, 0.05) is 0 Å². The zero-order valence-corrected chi connectivity index (χ0v) is 11.7. The molecule has 0 aliphatic carbocycles. The van der Waals surface area contributed by atoms with Gasteiger partial charge in [-0.2, -0.15) is 4.98 Å². The molecule has 7 nitrogen and oxygen atoms in total. The van der Waals surface area contributed by atoms with Gasteiger partial charge in [-0.1, -0.05) is 5.16 Å². The highest BCUT2D eigenvalue weighted by atomic mass is 16.5. The normalized spacial score (nSPS) is 10.4. The summed E-state index contributed by atoms with van der Waals surface area (Å²) in [4.78, 5) is 4.19. The molecule has 1 aromatic carbocycles. The summed E-state index contributed by atoms with van der Waals surface area (Å²) < 4.78 is 21.3. The molecule has 0 radical (unpaired) electrons. The van der Waals surface area contributed by atoms with Gasteiger partial charge in [0.1, 0.15) is 0 Å². The summed E-state index contributed by atoms with van der Waals surface area (Å²) in [6, 6.07) is 3.55. The van der Waals surface area contributed by atoms with Gasteiger partial charge in [0.15, 0.2) is 11.5 Å². The number of nitrogens with zero attached hydrogens (tertiary/aromatic N) is 2. The summed E-state index contributed by atoms with van der Waals surface area (Å²) in [5, 5.41) is 3.89. The van der Waals surface area contributed by atoms with Gasteiger partial charge in [0.2, 0.25) is 17.5 Å². The largest absolute Gasteiger partial charge is 0.493 e. The van der Waals surface area contributed by atoms with Crippen LogP contribution < -0.4 is 19.9 Å². The summed E-state index contributed by atoms with van der Waals surface area (Å²) in [7, 11) is 3.11. The minimum Gasteiger partial charge on any atom is -0.493 e. The van der Waals surface area contributed by atoms with Gasteiger partial charge >= 0.3 is 0 Å². The zero-order chi connectivity index (χ0) is 14.5. The average molecular weight is 279 g/mol. The van der Waals surface area contributed by atoms with Crippen LogP contribution >= 0.6 is 0 Å². The number of rotatable bonds is 6. The second-order valence-electron chi connectivity index (χ2n) is 3.83. The molecule has 7 heteroatoms. The molecule has 0 unspecified atom stereocenters. The van der Waals surface area contributed by atoms with Crippen molar-refractivity contribution in [1.29, 1.82) is 0 Å². The van der Waals surface area contributed by atoms with Gasteiger partial charge in [-0.25, -0.2) is 0 Å². The number of benzene rings is 1. The second kappa shape index (κ2) is 6.25. The van der Waals surface area contributed by atoms with Crippen molar-refractivity contribution in [3.63, 3.8) is 0 Å². The number of hydrogen-bond donors (Lipinski definition) is 1. The topological polar surface area (TPSA) is 92.6 Å². The van der Waals surface area contributed by atoms with E-state index in [0.29, 0.717) is 41.1 Å². The van der Waals surface area contributed by atoms with E-state index in [2.05, 4.69) is 10.1 Å². The molecule has 1 heterocycles. The maximum absolute atomic E-state index is 5.64. The average Bonchev–Trinajstić information content (AvgIpc) is 2.95. The summed E-state index contributed by atoms with van der Waals surface area (Å²) >= 11 is 0. The van der Waals surface area contributed by atoms with Crippen molar-refractivity contribution in [3.05, 3.63) is 18.0 Å². The lowest BCUT2D eigenvalue weighted by Gasteiger charge is -2.15. The Morgan fingerprint density at radius 3 is 2.55 bits per heavy atom. The highest BCUT2D eigenvalue weighted by molar-refractivity contribution is 5.72. The SMILES string of the molecule is CCOc1c(-c2noc(CN)n2)ccc(OC)c1OC. The Hall–Kier alpha value is -2.28. The van der Waals surface area contributed by atoms with Gasteiger partial charge in [-0.15, -0.1) is 0 Å². The highest BCUT2D eigenvalue weighted by Crippen LogP contribution is 2.43. The molecule has 2 rings (SSSR count). The third kappa shape index (κ3) is 2.53. The molecule has 20 heavy (non-hydrogen) atoms. The van der Waals surface area contributed by atoms with Crippen LogP contribution in [0.25, 0.3) is 11.4 Å². The first kappa shape index (κ1) is 14.1. The molecular formula is C13H17N3O4. The lowest BCUT2D eigenvalue weighted by molar-refractivity contribution is 0.297. The van der Waals surface area contributed by atoms with Crippen LogP contribution in [-0.4, -0.2) is 31.0 Å². The Labute approximate surface area is 116 Å². The lowest BCUT2D eigenvalue weighted by atomic mass is 10.1. The predicted molar refractivity (Wildman–Crippen MR) is 71.9 cm³/mol. The van der Waals surface area contributed by atoms with Crippen LogP contribution in [0.1, 0.15) is 12.8 Å². The smallest absolute Gasteiger partial charge is 0.240 e. The summed E-state index contributed by atoms with van der Waals surface area (Å²) in [6.07, 6.45) is 0. The minimum atomic E-state index is 0.185. The van der Waals surface area contributed by atoms with E-state index in [0.717, 1.165) is 0 Å². The lowest BCUT2D eigenvalue weighted by Crippen LogP contribution is -2.01. The van der Waals surface area contributed by atoms with E-state index in [1.165, 1.54) is 0 Å². The predicted octanol–water partition coefficient (Wildman–Crippen LogP) is 1.61. The molecule has 108 valence electrons. The van der Waals surface area contributed by atoms with E-state index in [-0.39, 0.29) is 6.54 Å². The van der Waals surface area contributed by atoms with Crippen molar-refractivity contribution in [2.24, 2.45) is 5.73 Å². The van der Waals surface area contributed by atoms with Gasteiger partial charge in [-0.3, -0.25) is 0 Å². The fourth-order valence-electron chi connectivity index (χ4n) is 1.81. The first-order valence-corrected chi connectivity index (χ1v) is 6.15. The van der Waals surface area contributed by atoms with Crippen LogP contribution in [0.15, 0.2) is 16.7 Å². The van der Waals surface area contributed by atoms with Gasteiger partial charge in [0.05, 0.1) is 32.9 Å². The summed E-state index contributed by atoms with van der Waals surface area (Å²) in [5.41, 5.74) is 6.13. The number of nitrogens with two attached hydrogens (primary N) is 1. The number of ether oxygens (including phenoxy) is 3. The van der Waals surface area contributed by atoms with Crippen LogP contribution in [-0.2, 0) is 6.54 Å². The van der Waals surface area contributed by atoms with Crippen LogP contribution in [0, 0.1) is 0 Å². The number of aromatic nitrogens is 2. The van der Waals surface area contributed by atoms with Crippen LogP contribution in [0.3, 0.4) is 0 Å². The molecule has 0 atom stereocenters. The first-order chi connectivity index (χ1) is 9.74. The fraction of sp³-hybridized carbons (Fsp3) is 0.385. The molecule has 0 aliphatic heterocycles. The summed E-state index contributed by atoms with van der Waals surface area (Å²) in [5.74, 6) is 2.33. The van der Waals surface area contributed by atoms with Gasteiger partial charge < -0.3 is 24.5 Å². The Balaban J connectivity index is 2.56. The van der Waals surface area contributed by atoms with E-state index in [1.807, 2.05) is 6.92 Å². The Morgan fingerprint density at radius 2 is 2.00 bits per heavy atom. The van der Waals surface area contributed by atoms with E-state index >= 15 is 0 Å². The number of methoxy groups -OCH3 is 2. The first-order valence-electron chi connectivity index (χ1n) is 6.15. The van der Waals surface area contributed by atoms with Crippen molar-refractivity contribution in [1.82, 2.24) is 10.1 Å². The maximum Gasteiger partial charge on any atom is 0.240 e. The van der Waals surface area contributed by atoms with Crippen LogP contribution in [0.4, 0.5) is 0 Å². The molecule has 0 amide bonds. The van der Waals surface area contributed by atoms with Crippen molar-refractivity contribution >= 4 is 0 Å².